The van der Waals surface area contributed by atoms with Crippen LogP contribution in [-0.4, -0.2) is 43.2 Å². The molecule has 0 saturated heterocycles. The van der Waals surface area contributed by atoms with Crippen molar-refractivity contribution in [1.29, 1.82) is 0 Å². The van der Waals surface area contributed by atoms with Gasteiger partial charge in [0.15, 0.2) is 16.8 Å². The average molecular weight is 418 g/mol. The second-order valence-electron chi connectivity index (χ2n) is 5.16. The number of hydrogen-bond donors (Lipinski definition) is 3. The number of hydrogen-bond acceptors (Lipinski definition) is 9. The molecule has 0 bridgehead atoms. The highest BCUT2D eigenvalue weighted by atomic mass is 35.5. The normalized spacial score (nSPS) is 13.2. The lowest BCUT2D eigenvalue weighted by Crippen LogP contribution is -2.21. The highest BCUT2D eigenvalue weighted by Crippen LogP contribution is 2.31. The van der Waals surface area contributed by atoms with Crippen LogP contribution < -0.4 is 10.6 Å². The van der Waals surface area contributed by atoms with Crippen molar-refractivity contribution < 1.29 is 18.1 Å². The molecule has 1 aromatic heterocycles. The number of aromatic nitrogens is 2. The van der Waals surface area contributed by atoms with E-state index in [2.05, 4.69) is 24.8 Å². The average Bonchev–Trinajstić information content (AvgIpc) is 2.63. The number of aliphatic hydroxyl groups is 1. The van der Waals surface area contributed by atoms with Crippen LogP contribution in [0.2, 0.25) is 5.02 Å². The lowest BCUT2D eigenvalue weighted by Gasteiger charge is -2.16. The van der Waals surface area contributed by atoms with Gasteiger partial charge < -0.3 is 20.3 Å². The first-order chi connectivity index (χ1) is 12.5. The standard InChI is InChI=1S/C15H19ClN4O4S2/c1-10(7-21)18-14-12(16)13(17-9-24-26(22)23)19-15(20-14)25-8-11-5-3-2-4-6-11/h2-6,10,21H,7-9H2,1H3,(H,22,23)(H2,17,18,19,20)/p-1/t10-/m1/s1. The fourth-order valence-corrected chi connectivity index (χ4v) is 3.01. The molecule has 0 radical (unpaired) electrons. The van der Waals surface area contributed by atoms with Gasteiger partial charge in [0.05, 0.1) is 18.0 Å². The SMILES string of the molecule is C[C@H](CO)Nc1nc(SCc2ccccc2)nc(NCOS(=O)[O-])c1Cl. The third-order valence-electron chi connectivity index (χ3n) is 3.09. The number of nitrogens with zero attached hydrogens (tertiary/aromatic N) is 2. The lowest BCUT2D eigenvalue weighted by atomic mass is 10.2. The molecule has 0 spiro atoms. The zero-order chi connectivity index (χ0) is 18.9. The van der Waals surface area contributed by atoms with E-state index in [0.29, 0.717) is 16.7 Å². The van der Waals surface area contributed by atoms with Crippen molar-refractivity contribution in [2.24, 2.45) is 0 Å². The monoisotopic (exact) mass is 417 g/mol. The van der Waals surface area contributed by atoms with E-state index in [1.807, 2.05) is 30.3 Å². The molecule has 0 fully saturated rings. The first kappa shape index (κ1) is 20.9. The van der Waals surface area contributed by atoms with Crippen LogP contribution in [0.5, 0.6) is 0 Å². The highest BCUT2D eigenvalue weighted by Gasteiger charge is 2.15. The molecule has 0 amide bonds. The molecule has 2 atom stereocenters. The summed E-state index contributed by atoms with van der Waals surface area (Å²) < 4.78 is 25.4. The quantitative estimate of drug-likeness (QED) is 0.231. The van der Waals surface area contributed by atoms with Crippen molar-refractivity contribution in [2.45, 2.75) is 23.9 Å². The first-order valence-electron chi connectivity index (χ1n) is 7.57. The van der Waals surface area contributed by atoms with Crippen LogP contribution in [0.3, 0.4) is 0 Å². The fraction of sp³-hybridized carbons (Fsp3) is 0.333. The Hall–Kier alpha value is -1.43. The molecule has 1 aromatic carbocycles. The molecule has 0 aliphatic heterocycles. The number of anilines is 2. The molecule has 0 aliphatic carbocycles. The van der Waals surface area contributed by atoms with Crippen LogP contribution in [0.4, 0.5) is 11.6 Å². The summed E-state index contributed by atoms with van der Waals surface area (Å²) in [7, 11) is 0. The summed E-state index contributed by atoms with van der Waals surface area (Å²) in [6.45, 7) is 1.35. The Kier molecular flexibility index (Phi) is 8.55. The summed E-state index contributed by atoms with van der Waals surface area (Å²) in [5.41, 5.74) is 1.11. The van der Waals surface area contributed by atoms with E-state index in [4.69, 9.17) is 11.6 Å². The predicted molar refractivity (Wildman–Crippen MR) is 102 cm³/mol. The third kappa shape index (κ3) is 6.71. The molecular formula is C15H18ClN4O4S2-. The van der Waals surface area contributed by atoms with E-state index in [9.17, 15) is 13.9 Å². The number of thioether (sulfide) groups is 1. The van der Waals surface area contributed by atoms with Gasteiger partial charge in [-0.3, -0.25) is 4.18 Å². The molecular weight excluding hydrogens is 400 g/mol. The Balaban J connectivity index is 2.18. The Bertz CT molecular complexity index is 739. The van der Waals surface area contributed by atoms with E-state index in [1.165, 1.54) is 11.8 Å². The minimum atomic E-state index is -2.65. The number of halogens is 1. The van der Waals surface area contributed by atoms with Crippen molar-refractivity contribution in [2.75, 3.05) is 24.0 Å². The van der Waals surface area contributed by atoms with Crippen molar-refractivity contribution in [3.63, 3.8) is 0 Å². The van der Waals surface area contributed by atoms with Gasteiger partial charge in [0.2, 0.25) is 0 Å². The molecule has 26 heavy (non-hydrogen) atoms. The molecule has 0 aliphatic rings. The van der Waals surface area contributed by atoms with E-state index >= 15 is 0 Å². The Morgan fingerprint density at radius 1 is 1.35 bits per heavy atom. The van der Waals surface area contributed by atoms with Crippen molar-refractivity contribution >= 4 is 46.4 Å². The van der Waals surface area contributed by atoms with Crippen molar-refractivity contribution in [3.05, 3.63) is 40.9 Å². The summed E-state index contributed by atoms with van der Waals surface area (Å²) in [5, 5.41) is 15.5. The van der Waals surface area contributed by atoms with Crippen LogP contribution in [-0.2, 0) is 21.3 Å². The van der Waals surface area contributed by atoms with Gasteiger partial charge in [-0.05, 0) is 12.5 Å². The fourth-order valence-electron chi connectivity index (χ4n) is 1.85. The molecule has 1 unspecified atom stereocenters. The summed E-state index contributed by atoms with van der Waals surface area (Å²) in [4.78, 5) is 8.68. The topological polar surface area (TPSA) is 119 Å². The summed E-state index contributed by atoms with van der Waals surface area (Å²) >= 11 is 5.01. The molecule has 2 rings (SSSR count). The maximum absolute atomic E-state index is 10.5. The van der Waals surface area contributed by atoms with Gasteiger partial charge in [-0.15, -0.1) is 0 Å². The predicted octanol–water partition coefficient (Wildman–Crippen LogP) is 2.40. The second-order valence-corrected chi connectivity index (χ2v) is 7.13. The minimum absolute atomic E-state index is 0.103. The van der Waals surface area contributed by atoms with Crippen LogP contribution in [0, 0.1) is 0 Å². The summed E-state index contributed by atoms with van der Waals surface area (Å²) in [6, 6.07) is 9.54. The molecule has 0 saturated carbocycles. The second kappa shape index (κ2) is 10.7. The molecule has 11 heteroatoms. The zero-order valence-electron chi connectivity index (χ0n) is 13.8. The maximum atomic E-state index is 10.5. The summed E-state index contributed by atoms with van der Waals surface area (Å²) in [5.74, 6) is 1.22. The van der Waals surface area contributed by atoms with Gasteiger partial charge in [-0.2, -0.15) is 0 Å². The van der Waals surface area contributed by atoms with Crippen molar-refractivity contribution in [3.8, 4) is 0 Å². The van der Waals surface area contributed by atoms with E-state index < -0.39 is 11.4 Å². The largest absolute Gasteiger partial charge is 0.750 e. The third-order valence-corrected chi connectivity index (χ3v) is 4.68. The highest BCUT2D eigenvalue weighted by molar-refractivity contribution is 7.98. The summed E-state index contributed by atoms with van der Waals surface area (Å²) in [6.07, 6.45) is 0. The van der Waals surface area contributed by atoms with Gasteiger partial charge in [0.25, 0.3) is 0 Å². The number of nitrogens with one attached hydrogen (secondary N) is 2. The molecule has 8 nitrogen and oxygen atoms in total. The smallest absolute Gasteiger partial charge is 0.191 e. The van der Waals surface area contributed by atoms with Gasteiger partial charge in [-0.25, -0.2) is 14.2 Å². The lowest BCUT2D eigenvalue weighted by molar-refractivity contribution is 0.281. The van der Waals surface area contributed by atoms with E-state index in [1.54, 1.807) is 6.92 Å². The van der Waals surface area contributed by atoms with Crippen LogP contribution >= 0.6 is 23.4 Å². The van der Waals surface area contributed by atoms with Crippen LogP contribution in [0.15, 0.2) is 35.5 Å². The van der Waals surface area contributed by atoms with E-state index in [0.717, 1.165) is 5.56 Å². The Morgan fingerprint density at radius 2 is 2.04 bits per heavy atom. The van der Waals surface area contributed by atoms with Gasteiger partial charge in [-0.1, -0.05) is 53.7 Å². The van der Waals surface area contributed by atoms with Gasteiger partial charge in [0, 0.05) is 11.8 Å². The number of aliphatic hydroxyl groups excluding tert-OH is 1. The van der Waals surface area contributed by atoms with E-state index in [-0.39, 0.29) is 30.2 Å². The Morgan fingerprint density at radius 3 is 2.69 bits per heavy atom. The van der Waals surface area contributed by atoms with Crippen LogP contribution in [0.1, 0.15) is 12.5 Å². The Labute approximate surface area is 163 Å². The van der Waals surface area contributed by atoms with Crippen molar-refractivity contribution in [1.82, 2.24) is 9.97 Å². The zero-order valence-corrected chi connectivity index (χ0v) is 16.2. The maximum Gasteiger partial charge on any atom is 0.191 e. The minimum Gasteiger partial charge on any atom is -0.750 e. The first-order valence-corrected chi connectivity index (χ1v) is 9.94. The molecule has 1 heterocycles. The molecule has 142 valence electrons. The molecule has 3 N–H and O–H groups in total. The van der Waals surface area contributed by atoms with Gasteiger partial charge >= 0.3 is 0 Å². The molecule has 2 aromatic rings. The van der Waals surface area contributed by atoms with Crippen LogP contribution in [0.25, 0.3) is 0 Å². The number of benzene rings is 1. The number of rotatable bonds is 10. The van der Waals surface area contributed by atoms with Gasteiger partial charge in [0.1, 0.15) is 11.8 Å².